The Kier molecular flexibility index (Phi) is 7.10. The lowest BCUT2D eigenvalue weighted by molar-refractivity contribution is -0.138. The minimum absolute atomic E-state index is 0.0120. The van der Waals surface area contributed by atoms with Crippen LogP contribution in [0.15, 0.2) is 48.5 Å². The van der Waals surface area contributed by atoms with Crippen LogP contribution >= 0.6 is 7.37 Å². The molecule has 32 heavy (non-hydrogen) atoms. The molecule has 0 spiro atoms. The van der Waals surface area contributed by atoms with Crippen LogP contribution in [0.2, 0.25) is 0 Å². The number of aliphatic carboxylic acids is 1. The number of halogens is 1. The Hall–Kier alpha value is -3.04. The van der Waals surface area contributed by atoms with E-state index in [9.17, 15) is 23.7 Å². The van der Waals surface area contributed by atoms with Gasteiger partial charge in [-0.2, -0.15) is 0 Å². The molecule has 166 valence electrons. The van der Waals surface area contributed by atoms with Gasteiger partial charge < -0.3 is 15.1 Å². The van der Waals surface area contributed by atoms with E-state index in [2.05, 4.69) is 11.6 Å². The highest BCUT2D eigenvalue weighted by atomic mass is 31.2. The smallest absolute Gasteiger partial charge is 0.305 e. The Balaban J connectivity index is 2.21. The van der Waals surface area contributed by atoms with Gasteiger partial charge in [0, 0.05) is 10.9 Å². The van der Waals surface area contributed by atoms with Crippen LogP contribution in [-0.4, -0.2) is 38.3 Å². The molecular weight excluding hydrogens is 432 g/mol. The molecule has 0 aliphatic heterocycles. The van der Waals surface area contributed by atoms with Gasteiger partial charge in [-0.05, 0) is 47.5 Å². The average molecular weight is 455 g/mol. The van der Waals surface area contributed by atoms with Crippen molar-refractivity contribution >= 4 is 24.2 Å². The van der Waals surface area contributed by atoms with Crippen LogP contribution in [0, 0.1) is 17.4 Å². The molecule has 3 rings (SSSR count). The number of carboxylic acids is 1. The number of aliphatic hydroxyl groups is 1. The second kappa shape index (κ2) is 9.62. The summed E-state index contributed by atoms with van der Waals surface area (Å²) in [5.41, 5.74) is 5.38. The number of benzene rings is 2. The molecule has 1 aromatic heterocycles. The zero-order chi connectivity index (χ0) is 23.5. The van der Waals surface area contributed by atoms with Crippen molar-refractivity contribution in [2.24, 2.45) is 0 Å². The number of carbonyl (C=O) groups is 1. The second-order valence-electron chi connectivity index (χ2n) is 7.80. The van der Waals surface area contributed by atoms with Gasteiger partial charge in [0.1, 0.15) is 5.82 Å². The number of hydrogen-bond acceptors (Lipinski definition) is 4. The standard InChI is InChI=1S/C24H23FNO5P/c1-15(2)23-19-5-3-4-6-21(19)26-24(16-7-9-17(25)10-8-16)20(23)11-12-32(30,31)14-18(27)13-22(28)29/h3-10,15,18,27H,13-14H2,1-2H3,(H,28,29)(H,30,31)/t18-/m0/s1. The fraction of sp³-hybridized carbons (Fsp3) is 0.250. The third kappa shape index (κ3) is 5.60. The van der Waals surface area contributed by atoms with Gasteiger partial charge >= 0.3 is 5.97 Å². The van der Waals surface area contributed by atoms with E-state index in [1.807, 2.05) is 38.1 Å². The quantitative estimate of drug-likeness (QED) is 0.371. The fourth-order valence-corrected chi connectivity index (χ4v) is 4.60. The van der Waals surface area contributed by atoms with E-state index in [-0.39, 0.29) is 5.92 Å². The Labute approximate surface area is 185 Å². The van der Waals surface area contributed by atoms with Crippen LogP contribution in [0.1, 0.15) is 37.3 Å². The summed E-state index contributed by atoms with van der Waals surface area (Å²) in [6, 6.07) is 13.2. The van der Waals surface area contributed by atoms with Crippen LogP contribution in [0.5, 0.6) is 0 Å². The number of pyridine rings is 1. The third-order valence-electron chi connectivity index (χ3n) is 4.85. The number of para-hydroxylation sites is 1. The minimum Gasteiger partial charge on any atom is -0.481 e. The van der Waals surface area contributed by atoms with Gasteiger partial charge in [-0.15, -0.1) is 0 Å². The Morgan fingerprint density at radius 2 is 1.81 bits per heavy atom. The van der Waals surface area contributed by atoms with Gasteiger partial charge in [-0.25, -0.2) is 9.37 Å². The molecule has 6 nitrogen and oxygen atoms in total. The number of hydrogen-bond donors (Lipinski definition) is 3. The summed E-state index contributed by atoms with van der Waals surface area (Å²) < 4.78 is 26.1. The summed E-state index contributed by atoms with van der Waals surface area (Å²) >= 11 is 0. The van der Waals surface area contributed by atoms with Crippen molar-refractivity contribution in [1.82, 2.24) is 4.98 Å². The lowest BCUT2D eigenvalue weighted by Gasteiger charge is -2.17. The van der Waals surface area contributed by atoms with Crippen molar-refractivity contribution in [2.45, 2.75) is 32.3 Å². The second-order valence-corrected chi connectivity index (χ2v) is 9.79. The lowest BCUT2D eigenvalue weighted by Crippen LogP contribution is -2.17. The maximum absolute atomic E-state index is 13.5. The number of fused-ring (bicyclic) bond motifs is 1. The molecule has 0 saturated carbocycles. The Bertz CT molecular complexity index is 1260. The lowest BCUT2D eigenvalue weighted by atomic mass is 9.90. The number of aromatic nitrogens is 1. The third-order valence-corrected chi connectivity index (χ3v) is 6.23. The number of aliphatic hydroxyl groups excluding tert-OH is 1. The molecule has 1 heterocycles. The van der Waals surface area contributed by atoms with E-state index < -0.39 is 37.8 Å². The van der Waals surface area contributed by atoms with E-state index in [1.165, 1.54) is 12.1 Å². The summed E-state index contributed by atoms with van der Waals surface area (Å²) in [5, 5.41) is 19.4. The van der Waals surface area contributed by atoms with E-state index in [1.54, 1.807) is 12.1 Å². The van der Waals surface area contributed by atoms with Crippen molar-refractivity contribution < 1.29 is 28.9 Å². The molecule has 0 aliphatic carbocycles. The van der Waals surface area contributed by atoms with Crippen LogP contribution < -0.4 is 0 Å². The van der Waals surface area contributed by atoms with Gasteiger partial charge in [0.15, 0.2) is 0 Å². The fourth-order valence-electron chi connectivity index (χ4n) is 3.52. The SMILES string of the molecule is CC(C)c1c(C#CP(=O)(O)C[C@@H](O)CC(=O)O)c(-c2ccc(F)cc2)nc2ccccc12. The van der Waals surface area contributed by atoms with E-state index in [0.717, 1.165) is 10.9 Å². The number of nitrogens with zero attached hydrogens (tertiary/aromatic N) is 1. The summed E-state index contributed by atoms with van der Waals surface area (Å²) in [5.74, 6) is 1.10. The highest BCUT2D eigenvalue weighted by molar-refractivity contribution is 7.63. The Morgan fingerprint density at radius 1 is 1.16 bits per heavy atom. The molecule has 8 heteroatoms. The molecule has 0 bridgehead atoms. The first-order valence-corrected chi connectivity index (χ1v) is 11.9. The number of rotatable bonds is 6. The van der Waals surface area contributed by atoms with Crippen LogP contribution in [0.4, 0.5) is 4.39 Å². The van der Waals surface area contributed by atoms with Crippen molar-refractivity contribution in [3.8, 4) is 22.8 Å². The number of carboxylic acid groups (broad SMARTS) is 1. The van der Waals surface area contributed by atoms with Gasteiger partial charge in [0.25, 0.3) is 7.37 Å². The Morgan fingerprint density at radius 3 is 2.44 bits per heavy atom. The summed E-state index contributed by atoms with van der Waals surface area (Å²) in [4.78, 5) is 25.7. The van der Waals surface area contributed by atoms with E-state index in [0.29, 0.717) is 22.3 Å². The summed E-state index contributed by atoms with van der Waals surface area (Å²) in [7, 11) is -4.16. The summed E-state index contributed by atoms with van der Waals surface area (Å²) in [6.07, 6.45) is -2.80. The van der Waals surface area contributed by atoms with E-state index in [4.69, 9.17) is 10.1 Å². The first kappa shape index (κ1) is 23.6. The molecule has 2 atom stereocenters. The molecule has 3 N–H and O–H groups in total. The van der Waals surface area contributed by atoms with Crippen LogP contribution in [0.3, 0.4) is 0 Å². The molecular formula is C24H23FNO5P. The molecule has 0 saturated heterocycles. The molecule has 0 amide bonds. The maximum atomic E-state index is 13.5. The first-order valence-electron chi connectivity index (χ1n) is 10.0. The first-order chi connectivity index (χ1) is 15.1. The highest BCUT2D eigenvalue weighted by Gasteiger charge is 2.23. The summed E-state index contributed by atoms with van der Waals surface area (Å²) in [6.45, 7) is 3.94. The molecule has 2 aromatic carbocycles. The van der Waals surface area contributed by atoms with Gasteiger partial charge in [-0.3, -0.25) is 9.36 Å². The average Bonchev–Trinajstić information content (AvgIpc) is 2.70. The zero-order valence-electron chi connectivity index (χ0n) is 17.6. The zero-order valence-corrected chi connectivity index (χ0v) is 18.5. The van der Waals surface area contributed by atoms with Crippen LogP contribution in [-0.2, 0) is 9.36 Å². The largest absolute Gasteiger partial charge is 0.481 e. The predicted octanol–water partition coefficient (Wildman–Crippen LogP) is 4.58. The van der Waals surface area contributed by atoms with Crippen LogP contribution in [0.25, 0.3) is 22.2 Å². The molecule has 1 unspecified atom stereocenters. The monoisotopic (exact) mass is 455 g/mol. The maximum Gasteiger partial charge on any atom is 0.305 e. The molecule has 0 fully saturated rings. The van der Waals surface area contributed by atoms with Gasteiger partial charge in [0.2, 0.25) is 0 Å². The normalized spacial score (nSPS) is 13.9. The topological polar surface area (TPSA) is 108 Å². The molecule has 0 aliphatic rings. The van der Waals surface area contributed by atoms with E-state index >= 15 is 0 Å². The highest BCUT2D eigenvalue weighted by Crippen LogP contribution is 2.41. The molecule has 3 aromatic rings. The minimum atomic E-state index is -4.16. The van der Waals surface area contributed by atoms with Crippen molar-refractivity contribution in [1.29, 1.82) is 0 Å². The van der Waals surface area contributed by atoms with Crippen molar-refractivity contribution in [3.05, 3.63) is 65.5 Å². The van der Waals surface area contributed by atoms with Gasteiger partial charge in [-0.1, -0.05) is 38.0 Å². The van der Waals surface area contributed by atoms with Gasteiger partial charge in [0.05, 0.1) is 35.5 Å². The molecule has 0 radical (unpaired) electrons. The predicted molar refractivity (Wildman–Crippen MR) is 121 cm³/mol. The van der Waals surface area contributed by atoms with Crippen molar-refractivity contribution in [3.63, 3.8) is 0 Å². The van der Waals surface area contributed by atoms with Crippen molar-refractivity contribution in [2.75, 3.05) is 6.16 Å².